The molecular formula is C15H12N4O4. The number of nitrogens with zero attached hydrogens (tertiary/aromatic N) is 4. The molecule has 8 nitrogen and oxygen atoms in total. The molecule has 0 radical (unpaired) electrons. The predicted octanol–water partition coefficient (Wildman–Crippen LogP) is 1.78. The molecule has 116 valence electrons. The number of hydrogen-bond donors (Lipinski definition) is 0. The Morgan fingerprint density at radius 3 is 2.74 bits per heavy atom. The van der Waals surface area contributed by atoms with Gasteiger partial charge < -0.3 is 9.09 Å². The third-order valence-electron chi connectivity index (χ3n) is 3.19. The van der Waals surface area contributed by atoms with Gasteiger partial charge in [0.1, 0.15) is 0 Å². The summed E-state index contributed by atoms with van der Waals surface area (Å²) in [6, 6.07) is 10.8. The lowest BCUT2D eigenvalue weighted by atomic mass is 10.1. The number of benzene rings is 1. The van der Waals surface area contributed by atoms with Crippen LogP contribution in [0.4, 0.5) is 5.69 Å². The average molecular weight is 312 g/mol. The van der Waals surface area contributed by atoms with Crippen molar-refractivity contribution in [2.24, 2.45) is 0 Å². The maximum absolute atomic E-state index is 11.4. The van der Waals surface area contributed by atoms with Gasteiger partial charge in [0.25, 0.3) is 5.43 Å². The first-order valence-electron chi connectivity index (χ1n) is 6.82. The van der Waals surface area contributed by atoms with Crippen molar-refractivity contribution in [3.63, 3.8) is 0 Å². The summed E-state index contributed by atoms with van der Waals surface area (Å²) in [6.45, 7) is 0.180. The zero-order chi connectivity index (χ0) is 16.2. The number of hydrogen-bond acceptors (Lipinski definition) is 6. The highest BCUT2D eigenvalue weighted by molar-refractivity contribution is 5.25. The minimum absolute atomic E-state index is 0.180. The highest BCUT2D eigenvalue weighted by Gasteiger charge is 2.13. The summed E-state index contributed by atoms with van der Waals surface area (Å²) < 4.78 is 6.64. The van der Waals surface area contributed by atoms with Gasteiger partial charge in [0, 0.05) is 12.3 Å². The smallest absolute Gasteiger partial charge is 0.332 e. The fourth-order valence-corrected chi connectivity index (χ4v) is 2.11. The van der Waals surface area contributed by atoms with Crippen LogP contribution in [0.15, 0.2) is 58.1 Å². The zero-order valence-corrected chi connectivity index (χ0v) is 12.0. The predicted molar refractivity (Wildman–Crippen MR) is 80.0 cm³/mol. The van der Waals surface area contributed by atoms with Gasteiger partial charge >= 0.3 is 5.69 Å². The van der Waals surface area contributed by atoms with Crippen LogP contribution >= 0.6 is 0 Å². The van der Waals surface area contributed by atoms with E-state index in [2.05, 4.69) is 10.1 Å². The first-order chi connectivity index (χ1) is 11.1. The van der Waals surface area contributed by atoms with Gasteiger partial charge in [0.15, 0.2) is 5.82 Å². The Bertz CT molecular complexity index is 886. The molecule has 0 saturated heterocycles. The first-order valence-corrected chi connectivity index (χ1v) is 6.82. The van der Waals surface area contributed by atoms with Crippen molar-refractivity contribution in [1.82, 2.24) is 14.7 Å². The Hall–Kier alpha value is -3.29. The normalized spacial score (nSPS) is 10.6. The molecule has 3 aromatic rings. The fraction of sp³-hybridized carbons (Fsp3) is 0.133. The van der Waals surface area contributed by atoms with Crippen molar-refractivity contribution in [3.05, 3.63) is 86.4 Å². The van der Waals surface area contributed by atoms with Crippen LogP contribution in [0, 0.1) is 10.1 Å². The van der Waals surface area contributed by atoms with E-state index in [1.807, 2.05) is 30.3 Å². The SMILES string of the molecule is O=c1ccn(Cc2noc(Cc3ccccc3)n2)cc1[N+](=O)[O-]. The summed E-state index contributed by atoms with van der Waals surface area (Å²) >= 11 is 0. The van der Waals surface area contributed by atoms with Crippen molar-refractivity contribution in [3.8, 4) is 0 Å². The fourth-order valence-electron chi connectivity index (χ4n) is 2.11. The number of rotatable bonds is 5. The lowest BCUT2D eigenvalue weighted by Gasteiger charge is -2.01. The molecule has 0 aliphatic heterocycles. The minimum atomic E-state index is -0.712. The topological polar surface area (TPSA) is 104 Å². The molecule has 0 aliphatic rings. The van der Waals surface area contributed by atoms with Crippen molar-refractivity contribution in [1.29, 1.82) is 0 Å². The van der Waals surface area contributed by atoms with Crippen molar-refractivity contribution in [2.45, 2.75) is 13.0 Å². The Morgan fingerprint density at radius 1 is 1.22 bits per heavy atom. The monoisotopic (exact) mass is 312 g/mol. The Balaban J connectivity index is 1.75. The molecule has 23 heavy (non-hydrogen) atoms. The molecule has 0 amide bonds. The molecule has 2 heterocycles. The Kier molecular flexibility index (Phi) is 3.96. The number of nitro groups is 1. The second-order valence-corrected chi connectivity index (χ2v) is 4.89. The van der Waals surface area contributed by atoms with E-state index in [1.54, 1.807) is 0 Å². The van der Waals surface area contributed by atoms with E-state index in [4.69, 9.17) is 4.52 Å². The van der Waals surface area contributed by atoms with Gasteiger partial charge in [-0.05, 0) is 5.56 Å². The van der Waals surface area contributed by atoms with E-state index in [0.717, 1.165) is 17.8 Å². The third kappa shape index (κ3) is 3.49. The van der Waals surface area contributed by atoms with Gasteiger partial charge in [0.05, 0.1) is 24.1 Å². The van der Waals surface area contributed by atoms with Gasteiger partial charge in [-0.3, -0.25) is 14.9 Å². The quantitative estimate of drug-likeness (QED) is 0.525. The van der Waals surface area contributed by atoms with E-state index in [1.165, 1.54) is 10.8 Å². The largest absolute Gasteiger partial charge is 0.340 e. The van der Waals surface area contributed by atoms with Crippen LogP contribution in [0.3, 0.4) is 0 Å². The van der Waals surface area contributed by atoms with Crippen LogP contribution in [0.2, 0.25) is 0 Å². The molecule has 0 atom stereocenters. The summed E-state index contributed by atoms with van der Waals surface area (Å²) in [5, 5.41) is 14.6. The summed E-state index contributed by atoms with van der Waals surface area (Å²) in [7, 11) is 0. The maximum atomic E-state index is 11.4. The maximum Gasteiger partial charge on any atom is 0.332 e. The van der Waals surface area contributed by atoms with Gasteiger partial charge in [-0.15, -0.1) is 0 Å². The van der Waals surface area contributed by atoms with Crippen LogP contribution in [0.1, 0.15) is 17.3 Å². The number of pyridine rings is 1. The second-order valence-electron chi connectivity index (χ2n) is 4.89. The molecule has 0 aliphatic carbocycles. The van der Waals surface area contributed by atoms with Crippen molar-refractivity contribution in [2.75, 3.05) is 0 Å². The second kappa shape index (κ2) is 6.22. The summed E-state index contributed by atoms with van der Waals surface area (Å²) in [6.07, 6.45) is 3.12. The molecule has 0 spiro atoms. The van der Waals surface area contributed by atoms with Crippen LogP contribution in [0.25, 0.3) is 0 Å². The van der Waals surface area contributed by atoms with Crippen molar-refractivity contribution < 1.29 is 9.45 Å². The zero-order valence-electron chi connectivity index (χ0n) is 12.0. The molecular weight excluding hydrogens is 300 g/mol. The van der Waals surface area contributed by atoms with Crippen LogP contribution in [-0.4, -0.2) is 19.6 Å². The van der Waals surface area contributed by atoms with Crippen LogP contribution in [-0.2, 0) is 13.0 Å². The first kappa shape index (κ1) is 14.6. The molecule has 8 heteroatoms. The Labute approximate surface area is 130 Å². The van der Waals surface area contributed by atoms with Gasteiger partial charge in [-0.1, -0.05) is 35.5 Å². The molecule has 0 unspecified atom stereocenters. The summed E-state index contributed by atoms with van der Waals surface area (Å²) in [5.41, 5.74) is -0.0775. The number of aromatic nitrogens is 3. The molecule has 0 fully saturated rings. The third-order valence-corrected chi connectivity index (χ3v) is 3.19. The molecule has 2 aromatic heterocycles. The highest BCUT2D eigenvalue weighted by atomic mass is 16.6. The molecule has 0 saturated carbocycles. The standard InChI is InChI=1S/C15H12N4O4/c20-13-6-7-18(9-12(13)19(21)22)10-14-16-15(23-17-14)8-11-4-2-1-3-5-11/h1-7,9H,8,10H2. The molecule has 0 N–H and O–H groups in total. The van der Waals surface area contributed by atoms with E-state index < -0.39 is 16.0 Å². The molecule has 0 bridgehead atoms. The van der Waals surface area contributed by atoms with E-state index in [0.29, 0.717) is 18.1 Å². The molecule has 3 rings (SSSR count). The lowest BCUT2D eigenvalue weighted by Crippen LogP contribution is -2.11. The van der Waals surface area contributed by atoms with Gasteiger partial charge in [-0.25, -0.2) is 0 Å². The van der Waals surface area contributed by atoms with Gasteiger partial charge in [0.2, 0.25) is 5.89 Å². The minimum Gasteiger partial charge on any atom is -0.340 e. The lowest BCUT2D eigenvalue weighted by molar-refractivity contribution is -0.386. The molecule has 1 aromatic carbocycles. The van der Waals surface area contributed by atoms with Gasteiger partial charge in [-0.2, -0.15) is 4.98 Å². The van der Waals surface area contributed by atoms with Crippen LogP contribution < -0.4 is 5.43 Å². The summed E-state index contributed by atoms with van der Waals surface area (Å²) in [4.78, 5) is 25.7. The van der Waals surface area contributed by atoms with Crippen LogP contribution in [0.5, 0.6) is 0 Å². The van der Waals surface area contributed by atoms with E-state index in [9.17, 15) is 14.9 Å². The highest BCUT2D eigenvalue weighted by Crippen LogP contribution is 2.09. The van der Waals surface area contributed by atoms with E-state index >= 15 is 0 Å². The van der Waals surface area contributed by atoms with Crippen molar-refractivity contribution >= 4 is 5.69 Å². The summed E-state index contributed by atoms with van der Waals surface area (Å²) in [5.74, 6) is 0.843. The Morgan fingerprint density at radius 2 is 2.00 bits per heavy atom. The van der Waals surface area contributed by atoms with E-state index in [-0.39, 0.29) is 6.54 Å². The average Bonchev–Trinajstić information content (AvgIpc) is 2.97.